The third kappa shape index (κ3) is 2.99. The summed E-state index contributed by atoms with van der Waals surface area (Å²) in [5, 5.41) is 12.2. The normalized spacial score (nSPS) is 16.1. The smallest absolute Gasteiger partial charge is 0.122 e. The minimum atomic E-state index is 0.256. The van der Waals surface area contributed by atoms with E-state index >= 15 is 0 Å². The van der Waals surface area contributed by atoms with Gasteiger partial charge in [-0.2, -0.15) is 0 Å². The molecule has 2 rings (SSSR count). The lowest BCUT2D eigenvalue weighted by Crippen LogP contribution is -2.17. The number of benzene rings is 1. The SMILES string of the molecule is CNC(CCCO)c1ccc2c(c1)CCCO2. The van der Waals surface area contributed by atoms with Crippen molar-refractivity contribution in [1.82, 2.24) is 5.32 Å². The van der Waals surface area contributed by atoms with Crippen molar-refractivity contribution in [3.63, 3.8) is 0 Å². The fraction of sp³-hybridized carbons (Fsp3) is 0.571. The molecule has 0 aliphatic carbocycles. The fourth-order valence-corrected chi connectivity index (χ4v) is 2.37. The van der Waals surface area contributed by atoms with E-state index in [0.717, 1.165) is 38.0 Å². The number of aliphatic hydroxyl groups excluding tert-OH is 1. The first kappa shape index (κ1) is 12.4. The summed E-state index contributed by atoms with van der Waals surface area (Å²) in [6.45, 7) is 1.10. The lowest BCUT2D eigenvalue weighted by atomic mass is 9.97. The highest BCUT2D eigenvalue weighted by atomic mass is 16.5. The van der Waals surface area contributed by atoms with Crippen molar-refractivity contribution in [2.45, 2.75) is 31.7 Å². The third-order valence-corrected chi connectivity index (χ3v) is 3.33. The van der Waals surface area contributed by atoms with E-state index in [-0.39, 0.29) is 6.61 Å². The monoisotopic (exact) mass is 235 g/mol. The van der Waals surface area contributed by atoms with Gasteiger partial charge in [-0.3, -0.25) is 0 Å². The highest BCUT2D eigenvalue weighted by Gasteiger charge is 2.14. The number of hydrogen-bond donors (Lipinski definition) is 2. The second-order valence-electron chi connectivity index (χ2n) is 4.53. The molecule has 3 nitrogen and oxygen atoms in total. The van der Waals surface area contributed by atoms with E-state index in [0.29, 0.717) is 6.04 Å². The van der Waals surface area contributed by atoms with Crippen LogP contribution in [-0.4, -0.2) is 25.4 Å². The Bertz CT molecular complexity index is 365. The predicted octanol–water partition coefficient (Wildman–Crippen LogP) is 2.04. The van der Waals surface area contributed by atoms with Crippen LogP contribution in [0, 0.1) is 0 Å². The first-order chi connectivity index (χ1) is 8.35. The number of fused-ring (bicyclic) bond motifs is 1. The van der Waals surface area contributed by atoms with E-state index in [9.17, 15) is 0 Å². The molecule has 1 aliphatic heterocycles. The Morgan fingerprint density at radius 3 is 3.12 bits per heavy atom. The molecule has 0 aromatic heterocycles. The number of nitrogens with one attached hydrogen (secondary N) is 1. The summed E-state index contributed by atoms with van der Waals surface area (Å²) in [5.41, 5.74) is 2.61. The van der Waals surface area contributed by atoms with Crippen molar-refractivity contribution in [2.24, 2.45) is 0 Å². The lowest BCUT2D eigenvalue weighted by molar-refractivity contribution is 0.276. The van der Waals surface area contributed by atoms with Crippen LogP contribution < -0.4 is 10.1 Å². The van der Waals surface area contributed by atoms with Crippen LogP contribution in [-0.2, 0) is 6.42 Å². The van der Waals surface area contributed by atoms with Gasteiger partial charge in [0.15, 0.2) is 0 Å². The minimum Gasteiger partial charge on any atom is -0.493 e. The second kappa shape index (κ2) is 6.03. The molecule has 17 heavy (non-hydrogen) atoms. The van der Waals surface area contributed by atoms with E-state index in [4.69, 9.17) is 9.84 Å². The number of ether oxygens (including phenoxy) is 1. The van der Waals surface area contributed by atoms with Crippen molar-refractivity contribution in [3.8, 4) is 5.75 Å². The maximum absolute atomic E-state index is 8.90. The first-order valence-electron chi connectivity index (χ1n) is 6.39. The summed E-state index contributed by atoms with van der Waals surface area (Å²) in [4.78, 5) is 0. The van der Waals surface area contributed by atoms with Gasteiger partial charge in [0.2, 0.25) is 0 Å². The maximum atomic E-state index is 8.90. The highest BCUT2D eigenvalue weighted by molar-refractivity contribution is 5.39. The van der Waals surface area contributed by atoms with Crippen LogP contribution in [0.4, 0.5) is 0 Å². The van der Waals surface area contributed by atoms with Crippen LogP contribution in [0.2, 0.25) is 0 Å². The van der Waals surface area contributed by atoms with Gasteiger partial charge in [-0.15, -0.1) is 0 Å². The van der Waals surface area contributed by atoms with E-state index < -0.39 is 0 Å². The molecular formula is C14H21NO2. The van der Waals surface area contributed by atoms with Crippen LogP contribution >= 0.6 is 0 Å². The molecule has 1 aromatic carbocycles. The van der Waals surface area contributed by atoms with Crippen molar-refractivity contribution in [3.05, 3.63) is 29.3 Å². The summed E-state index contributed by atoms with van der Waals surface area (Å²) >= 11 is 0. The van der Waals surface area contributed by atoms with Gasteiger partial charge in [-0.25, -0.2) is 0 Å². The largest absolute Gasteiger partial charge is 0.493 e. The molecule has 3 heteroatoms. The van der Waals surface area contributed by atoms with Gasteiger partial charge in [0.05, 0.1) is 6.61 Å². The highest BCUT2D eigenvalue weighted by Crippen LogP contribution is 2.29. The molecular weight excluding hydrogens is 214 g/mol. The molecule has 0 bridgehead atoms. The van der Waals surface area contributed by atoms with Crippen LogP contribution in [0.25, 0.3) is 0 Å². The second-order valence-corrected chi connectivity index (χ2v) is 4.53. The maximum Gasteiger partial charge on any atom is 0.122 e. The van der Waals surface area contributed by atoms with Crippen molar-refractivity contribution >= 4 is 0 Å². The van der Waals surface area contributed by atoms with Gasteiger partial charge in [0.1, 0.15) is 5.75 Å². The molecule has 0 amide bonds. The molecule has 0 spiro atoms. The third-order valence-electron chi connectivity index (χ3n) is 3.33. The molecule has 94 valence electrons. The topological polar surface area (TPSA) is 41.5 Å². The van der Waals surface area contributed by atoms with Gasteiger partial charge in [0, 0.05) is 12.6 Å². The fourth-order valence-electron chi connectivity index (χ4n) is 2.37. The van der Waals surface area contributed by atoms with E-state index in [2.05, 4.69) is 23.5 Å². The first-order valence-corrected chi connectivity index (χ1v) is 6.39. The lowest BCUT2D eigenvalue weighted by Gasteiger charge is -2.21. The van der Waals surface area contributed by atoms with Crippen LogP contribution in [0.15, 0.2) is 18.2 Å². The summed E-state index contributed by atoms with van der Waals surface area (Å²) in [6, 6.07) is 6.78. The van der Waals surface area contributed by atoms with Gasteiger partial charge in [-0.05, 0) is 49.9 Å². The Morgan fingerprint density at radius 2 is 2.35 bits per heavy atom. The number of hydrogen-bond acceptors (Lipinski definition) is 3. The summed E-state index contributed by atoms with van der Waals surface area (Å²) in [5.74, 6) is 1.04. The molecule has 0 radical (unpaired) electrons. The Morgan fingerprint density at radius 1 is 1.47 bits per heavy atom. The molecule has 1 heterocycles. The van der Waals surface area contributed by atoms with E-state index in [1.807, 2.05) is 7.05 Å². The molecule has 0 saturated heterocycles. The van der Waals surface area contributed by atoms with E-state index in [1.54, 1.807) is 0 Å². The van der Waals surface area contributed by atoms with Gasteiger partial charge in [0.25, 0.3) is 0 Å². The van der Waals surface area contributed by atoms with Crippen molar-refractivity contribution in [1.29, 1.82) is 0 Å². The molecule has 1 aromatic rings. The van der Waals surface area contributed by atoms with Gasteiger partial charge >= 0.3 is 0 Å². The molecule has 1 aliphatic rings. The molecule has 0 fully saturated rings. The zero-order chi connectivity index (χ0) is 12.1. The average molecular weight is 235 g/mol. The van der Waals surface area contributed by atoms with Crippen molar-refractivity contribution in [2.75, 3.05) is 20.3 Å². The van der Waals surface area contributed by atoms with Crippen LogP contribution in [0.5, 0.6) is 5.75 Å². The van der Waals surface area contributed by atoms with Crippen LogP contribution in [0.3, 0.4) is 0 Å². The average Bonchev–Trinajstić information content (AvgIpc) is 2.39. The Hall–Kier alpha value is -1.06. The number of aryl methyl sites for hydroxylation is 1. The summed E-state index contributed by atoms with van der Waals surface area (Å²) in [7, 11) is 1.97. The molecule has 1 atom stereocenters. The standard InChI is InChI=1S/C14H21NO2/c1-15-13(5-2-8-16)11-6-7-14-12(10-11)4-3-9-17-14/h6-7,10,13,15-16H,2-5,8-9H2,1H3. The van der Waals surface area contributed by atoms with Gasteiger partial charge < -0.3 is 15.2 Å². The predicted molar refractivity (Wildman–Crippen MR) is 68.4 cm³/mol. The van der Waals surface area contributed by atoms with E-state index in [1.165, 1.54) is 11.1 Å². The van der Waals surface area contributed by atoms with Crippen LogP contribution in [0.1, 0.15) is 36.4 Å². The summed E-state index contributed by atoms with van der Waals surface area (Å²) < 4.78 is 5.61. The number of rotatable bonds is 5. The molecule has 0 saturated carbocycles. The Labute approximate surface area is 103 Å². The molecule has 1 unspecified atom stereocenters. The molecule has 2 N–H and O–H groups in total. The van der Waals surface area contributed by atoms with Crippen molar-refractivity contribution < 1.29 is 9.84 Å². The Kier molecular flexibility index (Phi) is 4.40. The quantitative estimate of drug-likeness (QED) is 0.820. The Balaban J connectivity index is 2.13. The number of aliphatic hydroxyl groups is 1. The zero-order valence-electron chi connectivity index (χ0n) is 10.4. The summed E-state index contributed by atoms with van der Waals surface area (Å²) in [6.07, 6.45) is 4.02. The van der Waals surface area contributed by atoms with Gasteiger partial charge in [-0.1, -0.05) is 12.1 Å². The minimum absolute atomic E-state index is 0.256. The zero-order valence-corrected chi connectivity index (χ0v) is 10.4.